The summed E-state index contributed by atoms with van der Waals surface area (Å²) in [4.78, 5) is 13.7. The quantitative estimate of drug-likeness (QED) is 0.555. The highest BCUT2D eigenvalue weighted by atomic mass is 16.2. The van der Waals surface area contributed by atoms with Crippen LogP contribution in [0.4, 0.5) is 0 Å². The maximum absolute atomic E-state index is 11.9. The Bertz CT molecular complexity index is 406. The Morgan fingerprint density at radius 1 is 1.22 bits per heavy atom. The molecule has 0 aliphatic heterocycles. The lowest BCUT2D eigenvalue weighted by Crippen LogP contribution is -2.31. The molecule has 0 unspecified atom stereocenters. The van der Waals surface area contributed by atoms with E-state index in [1.165, 1.54) is 5.56 Å². The van der Waals surface area contributed by atoms with E-state index in [1.54, 1.807) is 12.2 Å². The lowest BCUT2D eigenvalue weighted by Gasteiger charge is -2.19. The maximum Gasteiger partial charge on any atom is 0.246 e. The summed E-state index contributed by atoms with van der Waals surface area (Å²) in [5.74, 6) is 0.0755. The van der Waals surface area contributed by atoms with Crippen LogP contribution >= 0.6 is 0 Å². The van der Waals surface area contributed by atoms with Crippen LogP contribution in [0.5, 0.6) is 0 Å². The topological polar surface area (TPSA) is 20.3 Å². The van der Waals surface area contributed by atoms with Crippen LogP contribution in [0.25, 0.3) is 0 Å². The van der Waals surface area contributed by atoms with Crippen molar-refractivity contribution < 1.29 is 4.79 Å². The number of hydrogen-bond donors (Lipinski definition) is 0. The number of hydrogen-bond acceptors (Lipinski definition) is 1. The average Bonchev–Trinajstić information content (AvgIpc) is 2.41. The normalized spacial score (nSPS) is 11.2. The summed E-state index contributed by atoms with van der Waals surface area (Å²) in [5.41, 5.74) is 1.26. The summed E-state index contributed by atoms with van der Waals surface area (Å²) < 4.78 is 0. The molecule has 1 aromatic carbocycles. The number of amides is 1. The lowest BCUT2D eigenvalue weighted by atomic mass is 10.1. The third-order valence-electron chi connectivity index (χ3n) is 2.75. The van der Waals surface area contributed by atoms with E-state index in [1.807, 2.05) is 49.1 Å². The van der Waals surface area contributed by atoms with Crippen LogP contribution in [0.1, 0.15) is 19.4 Å². The molecule has 2 nitrogen and oxygen atoms in total. The van der Waals surface area contributed by atoms with Crippen molar-refractivity contribution in [2.24, 2.45) is 0 Å². The molecule has 1 amide bonds. The molecule has 0 spiro atoms. The van der Waals surface area contributed by atoms with E-state index in [2.05, 4.69) is 12.1 Å². The molecule has 1 rings (SSSR count). The van der Waals surface area contributed by atoms with Crippen molar-refractivity contribution in [3.8, 4) is 0 Å². The second-order valence-corrected chi connectivity index (χ2v) is 4.04. The molecular formula is C16H21NO. The van der Waals surface area contributed by atoms with Gasteiger partial charge in [0.15, 0.2) is 0 Å². The summed E-state index contributed by atoms with van der Waals surface area (Å²) in [7, 11) is 0. The molecule has 0 aliphatic rings. The van der Waals surface area contributed by atoms with Gasteiger partial charge in [-0.2, -0.15) is 0 Å². The fourth-order valence-electron chi connectivity index (χ4n) is 1.69. The predicted octanol–water partition coefficient (Wildman–Crippen LogP) is 3.21. The van der Waals surface area contributed by atoms with Crippen LogP contribution in [0, 0.1) is 0 Å². The molecule has 0 aliphatic carbocycles. The van der Waals surface area contributed by atoms with Gasteiger partial charge in [-0.05, 0) is 25.8 Å². The Labute approximate surface area is 110 Å². The van der Waals surface area contributed by atoms with Gasteiger partial charge < -0.3 is 4.90 Å². The van der Waals surface area contributed by atoms with Gasteiger partial charge in [-0.15, -0.1) is 0 Å². The Morgan fingerprint density at radius 3 is 2.56 bits per heavy atom. The number of rotatable bonds is 6. The molecule has 0 saturated heterocycles. The van der Waals surface area contributed by atoms with E-state index in [0.717, 1.165) is 19.5 Å². The highest BCUT2D eigenvalue weighted by Crippen LogP contribution is 2.02. The fraction of sp³-hybridized carbons (Fsp3) is 0.312. The summed E-state index contributed by atoms with van der Waals surface area (Å²) in [6.07, 6.45) is 8.08. The molecule has 18 heavy (non-hydrogen) atoms. The molecule has 0 radical (unpaired) electrons. The third kappa shape index (κ3) is 5.00. The van der Waals surface area contributed by atoms with Crippen LogP contribution < -0.4 is 0 Å². The smallest absolute Gasteiger partial charge is 0.246 e. The standard InChI is InChI=1S/C16H21NO/c1-3-5-7-12-16(18)17(4-2)14-13-15-10-8-6-9-11-15/h3,5-12H,4,13-14H2,1-2H3/b5-3+,12-7+. The van der Waals surface area contributed by atoms with Crippen molar-refractivity contribution in [3.05, 3.63) is 60.2 Å². The number of nitrogens with zero attached hydrogens (tertiary/aromatic N) is 1. The summed E-state index contributed by atoms with van der Waals surface area (Å²) in [6, 6.07) is 10.2. The van der Waals surface area contributed by atoms with Gasteiger partial charge in [-0.1, -0.05) is 48.6 Å². The molecule has 0 bridgehead atoms. The van der Waals surface area contributed by atoms with Crippen molar-refractivity contribution in [1.29, 1.82) is 0 Å². The largest absolute Gasteiger partial charge is 0.339 e. The second-order valence-electron chi connectivity index (χ2n) is 4.04. The van der Waals surface area contributed by atoms with Gasteiger partial charge in [-0.3, -0.25) is 4.79 Å². The van der Waals surface area contributed by atoms with Crippen LogP contribution in [-0.4, -0.2) is 23.9 Å². The van der Waals surface area contributed by atoms with Crippen LogP contribution in [0.3, 0.4) is 0 Å². The monoisotopic (exact) mass is 243 g/mol. The Balaban J connectivity index is 2.49. The molecule has 0 saturated carbocycles. The minimum absolute atomic E-state index is 0.0755. The van der Waals surface area contributed by atoms with E-state index in [4.69, 9.17) is 0 Å². The van der Waals surface area contributed by atoms with Crippen molar-refractivity contribution in [2.75, 3.05) is 13.1 Å². The number of allylic oxidation sites excluding steroid dienone is 3. The first kappa shape index (κ1) is 14.2. The van der Waals surface area contributed by atoms with Gasteiger partial charge >= 0.3 is 0 Å². The van der Waals surface area contributed by atoms with Crippen molar-refractivity contribution in [2.45, 2.75) is 20.3 Å². The summed E-state index contributed by atoms with van der Waals surface area (Å²) >= 11 is 0. The summed E-state index contributed by atoms with van der Waals surface area (Å²) in [6.45, 7) is 5.44. The molecule has 0 atom stereocenters. The molecule has 2 heteroatoms. The third-order valence-corrected chi connectivity index (χ3v) is 2.75. The number of benzene rings is 1. The minimum Gasteiger partial charge on any atom is -0.339 e. The minimum atomic E-state index is 0.0755. The molecule has 0 heterocycles. The molecule has 0 aromatic heterocycles. The Hall–Kier alpha value is -1.83. The van der Waals surface area contributed by atoms with Crippen LogP contribution in [0.2, 0.25) is 0 Å². The maximum atomic E-state index is 11.9. The van der Waals surface area contributed by atoms with E-state index in [0.29, 0.717) is 0 Å². The van der Waals surface area contributed by atoms with Crippen LogP contribution in [-0.2, 0) is 11.2 Å². The van der Waals surface area contributed by atoms with Crippen molar-refractivity contribution in [3.63, 3.8) is 0 Å². The predicted molar refractivity (Wildman–Crippen MR) is 76.4 cm³/mol. The molecular weight excluding hydrogens is 222 g/mol. The Kier molecular flexibility index (Phi) is 6.55. The van der Waals surface area contributed by atoms with Crippen LogP contribution in [0.15, 0.2) is 54.6 Å². The summed E-state index contributed by atoms with van der Waals surface area (Å²) in [5, 5.41) is 0. The van der Waals surface area contributed by atoms with Gasteiger partial charge in [0.2, 0.25) is 5.91 Å². The van der Waals surface area contributed by atoms with E-state index >= 15 is 0 Å². The van der Waals surface area contributed by atoms with Gasteiger partial charge in [0.1, 0.15) is 0 Å². The first-order chi connectivity index (χ1) is 8.77. The van der Waals surface area contributed by atoms with E-state index < -0.39 is 0 Å². The average molecular weight is 243 g/mol. The first-order valence-corrected chi connectivity index (χ1v) is 6.40. The molecule has 0 fully saturated rings. The second kappa shape index (κ2) is 8.29. The van der Waals surface area contributed by atoms with E-state index in [-0.39, 0.29) is 5.91 Å². The zero-order valence-electron chi connectivity index (χ0n) is 11.2. The highest BCUT2D eigenvalue weighted by Gasteiger charge is 2.07. The Morgan fingerprint density at radius 2 is 1.94 bits per heavy atom. The molecule has 96 valence electrons. The van der Waals surface area contributed by atoms with Gasteiger partial charge in [-0.25, -0.2) is 0 Å². The zero-order chi connectivity index (χ0) is 13.2. The van der Waals surface area contributed by atoms with Crippen molar-refractivity contribution in [1.82, 2.24) is 4.90 Å². The van der Waals surface area contributed by atoms with Crippen molar-refractivity contribution >= 4 is 5.91 Å². The molecule has 0 N–H and O–H groups in total. The van der Waals surface area contributed by atoms with Gasteiger partial charge in [0, 0.05) is 19.2 Å². The number of carbonyl (C=O) groups is 1. The number of carbonyl (C=O) groups excluding carboxylic acids is 1. The first-order valence-electron chi connectivity index (χ1n) is 6.40. The molecule has 1 aromatic rings. The van der Waals surface area contributed by atoms with E-state index in [9.17, 15) is 4.79 Å². The zero-order valence-corrected chi connectivity index (χ0v) is 11.2. The lowest BCUT2D eigenvalue weighted by molar-refractivity contribution is -0.125. The van der Waals surface area contributed by atoms with Gasteiger partial charge in [0.05, 0.1) is 0 Å². The van der Waals surface area contributed by atoms with Gasteiger partial charge in [0.25, 0.3) is 0 Å². The highest BCUT2D eigenvalue weighted by molar-refractivity contribution is 5.87. The SMILES string of the molecule is C/C=C/C=C/C(=O)N(CC)CCc1ccccc1. The fourth-order valence-corrected chi connectivity index (χ4v) is 1.69. The number of likely N-dealkylation sites (N-methyl/N-ethyl adjacent to an activating group) is 1.